The second-order valence-corrected chi connectivity index (χ2v) is 22.9. The van der Waals surface area contributed by atoms with E-state index in [1.807, 2.05) is 0 Å². The van der Waals surface area contributed by atoms with Gasteiger partial charge in [-0.3, -0.25) is 36.3 Å². The van der Waals surface area contributed by atoms with Gasteiger partial charge in [0, 0.05) is 34.0 Å². The summed E-state index contributed by atoms with van der Waals surface area (Å²) in [5, 5.41) is 0.428. The van der Waals surface area contributed by atoms with E-state index in [2.05, 4.69) is 29.9 Å². The molecule has 6 saturated heterocycles. The van der Waals surface area contributed by atoms with Gasteiger partial charge < -0.3 is 49.4 Å². The molecule has 80 heavy (non-hydrogen) atoms. The van der Waals surface area contributed by atoms with Gasteiger partial charge in [-0.25, -0.2) is 37.5 Å². The molecule has 12 atom stereocenters. The van der Waals surface area contributed by atoms with Gasteiger partial charge in [0.2, 0.25) is 23.7 Å². The van der Waals surface area contributed by atoms with Crippen LogP contribution in [0.3, 0.4) is 0 Å². The van der Waals surface area contributed by atoms with Crippen molar-refractivity contribution < 1.29 is 92.5 Å². The van der Waals surface area contributed by atoms with E-state index >= 15 is 0 Å². The maximum atomic E-state index is 14.5. The lowest BCUT2D eigenvalue weighted by atomic mass is 9.96. The van der Waals surface area contributed by atoms with E-state index in [1.165, 1.54) is 46.1 Å². The minimum Gasteiger partial charge on any atom is -0.476 e. The van der Waals surface area contributed by atoms with Gasteiger partial charge in [0.15, 0.2) is 58.2 Å². The molecule has 0 saturated carbocycles. The fraction of sp³-hybridized carbons (Fsp3) is 0.478. The SMILES string of the molecule is CCOc1nc(N)nc2c1ncn2[C@@H]1O[C@H](CO[P@@]2(=O)OCC[C@@H](c3ccc(Cl)cc3F)O2)[C@H]2OC(=O)O[C@]21C.CCOc1nc(N)nc2c1ncn2[C@@H]1O[C@H](CO[P@]2(=O)OCC[C@H](c3ccc(Cl)cc3F)O2)[C@H]2OC(=O)O[C@]21C. The van der Waals surface area contributed by atoms with Crippen LogP contribution >= 0.6 is 38.8 Å². The molecule has 2 aromatic carbocycles. The Hall–Kier alpha value is -6.14. The van der Waals surface area contributed by atoms with Crippen LogP contribution in [0, 0.1) is 11.6 Å². The molecule has 6 fully saturated rings. The zero-order valence-electron chi connectivity index (χ0n) is 42.4. The molecule has 0 amide bonds. The number of fused-ring (bicyclic) bond motifs is 4. The number of phosphoric acid groups is 2. The van der Waals surface area contributed by atoms with Gasteiger partial charge in [0.1, 0.15) is 23.8 Å². The molecule has 4 N–H and O–H groups in total. The predicted octanol–water partition coefficient (Wildman–Crippen LogP) is 8.19. The molecule has 10 heterocycles. The Morgan fingerprint density at radius 1 is 0.675 bits per heavy atom. The Morgan fingerprint density at radius 3 is 1.48 bits per heavy atom. The van der Waals surface area contributed by atoms with Crippen molar-refractivity contribution in [3.8, 4) is 11.8 Å². The third-order valence-corrected chi connectivity index (χ3v) is 16.9. The first-order valence-electron chi connectivity index (χ1n) is 24.6. The number of carbonyl (C=O) groups is 2. The lowest BCUT2D eigenvalue weighted by Crippen LogP contribution is -2.42. The predicted molar refractivity (Wildman–Crippen MR) is 268 cm³/mol. The highest BCUT2D eigenvalue weighted by atomic mass is 35.5. The van der Waals surface area contributed by atoms with E-state index in [0.29, 0.717) is 24.2 Å². The monoisotopic (exact) mass is 1200 g/mol. The fourth-order valence-electron chi connectivity index (χ4n) is 9.98. The lowest BCUT2D eigenvalue weighted by molar-refractivity contribution is -0.0928. The van der Waals surface area contributed by atoms with Crippen molar-refractivity contribution in [3.63, 3.8) is 0 Å². The molecule has 12 rings (SSSR count). The van der Waals surface area contributed by atoms with Gasteiger partial charge in [0.05, 0.1) is 64.5 Å². The summed E-state index contributed by atoms with van der Waals surface area (Å²) in [5.74, 6) is -0.980. The smallest absolute Gasteiger partial charge is 0.476 e. The van der Waals surface area contributed by atoms with E-state index < -0.39 is 99.9 Å². The molecule has 28 nitrogen and oxygen atoms in total. The minimum absolute atomic E-state index is 0.0122. The summed E-state index contributed by atoms with van der Waals surface area (Å²) in [6.45, 7) is 6.65. The van der Waals surface area contributed by atoms with E-state index in [1.54, 1.807) is 27.7 Å². The summed E-state index contributed by atoms with van der Waals surface area (Å²) in [4.78, 5) is 49.8. The Labute approximate surface area is 460 Å². The van der Waals surface area contributed by atoms with Crippen LogP contribution in [0.2, 0.25) is 10.0 Å². The highest BCUT2D eigenvalue weighted by Gasteiger charge is 2.66. The average Bonchev–Trinajstić information content (AvgIpc) is 4.24. The van der Waals surface area contributed by atoms with Crippen molar-refractivity contribution in [1.82, 2.24) is 39.0 Å². The first-order chi connectivity index (χ1) is 38.2. The van der Waals surface area contributed by atoms with E-state index in [9.17, 15) is 27.5 Å². The summed E-state index contributed by atoms with van der Waals surface area (Å²) >= 11 is 11.7. The van der Waals surface area contributed by atoms with Gasteiger partial charge in [0.25, 0.3) is 0 Å². The number of nitrogen functional groups attached to an aromatic ring is 2. The highest BCUT2D eigenvalue weighted by Crippen LogP contribution is 2.60. The Kier molecular flexibility index (Phi) is 15.1. The standard InChI is InChI=1S/2C23H24ClFN5O9P/c2*1-3-33-19-16-18(28-21(26)29-19)30(10-27-16)20-23(2)17(37-22(31)38-23)15(36-20)9-35-40(32)34-7-6-14(39-40)12-5-4-11(24)8-13(12)25/h2*4-5,8,10,14-15,17,20H,3,6-7,9H2,1-2H3,(H2,26,28,29)/t14-,15+,17+,20+,23+,40+;14-,15-,17-,20-,23-,40+/m01/s1. The third-order valence-electron chi connectivity index (χ3n) is 13.5. The summed E-state index contributed by atoms with van der Waals surface area (Å²) in [6.07, 6.45) is -6.23. The number of anilines is 2. The zero-order chi connectivity index (χ0) is 56.5. The maximum absolute atomic E-state index is 14.5. The largest absolute Gasteiger partial charge is 0.509 e. The number of ether oxygens (including phenoxy) is 8. The molecule has 6 aliphatic rings. The summed E-state index contributed by atoms with van der Waals surface area (Å²) in [7, 11) is -8.33. The molecule has 0 spiro atoms. The Bertz CT molecular complexity index is 3280. The lowest BCUT2D eigenvalue weighted by Gasteiger charge is -2.30. The molecular weight excluding hydrogens is 1150 g/mol. The topological polar surface area (TPSA) is 337 Å². The van der Waals surface area contributed by atoms with Gasteiger partial charge in [-0.05, 0) is 52.0 Å². The van der Waals surface area contributed by atoms with Crippen LogP contribution in [-0.4, -0.2) is 127 Å². The number of nitrogens with two attached hydrogens (primary N) is 2. The second kappa shape index (κ2) is 21.6. The minimum atomic E-state index is -4.17. The van der Waals surface area contributed by atoms with Crippen molar-refractivity contribution >= 4 is 85.4 Å². The number of aromatic nitrogens is 8. The van der Waals surface area contributed by atoms with Gasteiger partial charge in [-0.2, -0.15) is 19.9 Å². The second-order valence-electron chi connectivity index (χ2n) is 18.7. The van der Waals surface area contributed by atoms with E-state index in [4.69, 9.17) is 99.7 Å². The molecule has 0 bridgehead atoms. The Morgan fingerprint density at radius 2 is 1.09 bits per heavy atom. The summed E-state index contributed by atoms with van der Waals surface area (Å²) < 4.78 is 137. The molecule has 0 radical (unpaired) electrons. The molecule has 0 unspecified atom stereocenters. The molecule has 6 aliphatic heterocycles. The number of carbonyl (C=O) groups excluding carboxylic acids is 2. The molecule has 428 valence electrons. The zero-order valence-corrected chi connectivity index (χ0v) is 45.7. The normalized spacial score (nSPS) is 31.6. The average molecular weight is 1200 g/mol. The molecule has 34 heteroatoms. The number of benzene rings is 2. The Balaban J connectivity index is 0.000000169. The molecular formula is C46H48Cl2F2N10O18P2. The number of rotatable bonds is 14. The summed E-state index contributed by atoms with van der Waals surface area (Å²) in [6, 6.07) is 8.18. The van der Waals surface area contributed by atoms with Crippen LogP contribution < -0.4 is 20.9 Å². The van der Waals surface area contributed by atoms with Crippen molar-refractivity contribution in [2.75, 3.05) is 51.1 Å². The summed E-state index contributed by atoms with van der Waals surface area (Å²) in [5.41, 5.74) is 10.6. The van der Waals surface area contributed by atoms with E-state index in [0.717, 1.165) is 12.1 Å². The molecule has 0 aliphatic carbocycles. The van der Waals surface area contributed by atoms with Gasteiger partial charge >= 0.3 is 28.0 Å². The first kappa shape index (κ1) is 55.8. The fourth-order valence-corrected chi connectivity index (χ4v) is 13.1. The van der Waals surface area contributed by atoms with Crippen LogP contribution in [0.1, 0.15) is 76.3 Å². The number of nitrogens with zero attached hydrogens (tertiary/aromatic N) is 8. The number of hydrogen-bond donors (Lipinski definition) is 2. The van der Waals surface area contributed by atoms with Crippen LogP contribution in [0.15, 0.2) is 49.1 Å². The van der Waals surface area contributed by atoms with Crippen molar-refractivity contribution in [2.24, 2.45) is 0 Å². The van der Waals surface area contributed by atoms with Crippen LogP contribution in [0.5, 0.6) is 11.8 Å². The van der Waals surface area contributed by atoms with Crippen molar-refractivity contribution in [2.45, 2.75) is 101 Å². The van der Waals surface area contributed by atoms with E-state index in [-0.39, 0.29) is 95.4 Å². The van der Waals surface area contributed by atoms with Crippen LogP contribution in [0.4, 0.5) is 30.3 Å². The number of phosphoric ester groups is 2. The van der Waals surface area contributed by atoms with Crippen LogP contribution in [0.25, 0.3) is 22.3 Å². The first-order valence-corrected chi connectivity index (χ1v) is 28.3. The van der Waals surface area contributed by atoms with Gasteiger partial charge in [-0.1, -0.05) is 35.3 Å². The van der Waals surface area contributed by atoms with Crippen LogP contribution in [-0.2, 0) is 64.7 Å². The number of imidazole rings is 2. The molecule has 6 aromatic rings. The van der Waals surface area contributed by atoms with Crippen molar-refractivity contribution in [3.05, 3.63) is 81.9 Å². The van der Waals surface area contributed by atoms with Crippen molar-refractivity contribution in [1.29, 1.82) is 0 Å². The number of halogens is 4. The third kappa shape index (κ3) is 10.4. The quantitative estimate of drug-likeness (QED) is 0.0766. The van der Waals surface area contributed by atoms with Gasteiger partial charge in [-0.15, -0.1) is 0 Å². The maximum Gasteiger partial charge on any atom is 0.509 e. The highest BCUT2D eigenvalue weighted by molar-refractivity contribution is 7.48. The number of hydrogen-bond acceptors (Lipinski definition) is 26. The molecule has 4 aromatic heterocycles.